The normalized spacial score (nSPS) is 13.0. The van der Waals surface area contributed by atoms with E-state index >= 15 is 0 Å². The minimum atomic E-state index is 0.466. The summed E-state index contributed by atoms with van der Waals surface area (Å²) in [5.41, 5.74) is 12.2. The largest absolute Gasteiger partial charge is 0.327 e. The fourth-order valence-electron chi connectivity index (χ4n) is 4.52. The van der Waals surface area contributed by atoms with Crippen molar-refractivity contribution in [2.45, 2.75) is 26.9 Å². The Morgan fingerprint density at radius 3 is 2.14 bits per heavy atom. The van der Waals surface area contributed by atoms with Crippen LogP contribution in [-0.4, -0.2) is 9.13 Å². The van der Waals surface area contributed by atoms with E-state index in [1.54, 1.807) is 0 Å². The van der Waals surface area contributed by atoms with Crippen LogP contribution >= 0.6 is 0 Å². The smallest absolute Gasteiger partial charge is 0.0707 e. The van der Waals surface area contributed by atoms with Gasteiger partial charge in [-0.05, 0) is 43.7 Å². The van der Waals surface area contributed by atoms with Crippen LogP contribution in [0.2, 0.25) is 0 Å². The Kier molecular flexibility index (Phi) is 4.26. The predicted molar refractivity (Wildman–Crippen MR) is 126 cm³/mol. The molecule has 0 aliphatic carbocycles. The number of nitrogens with two attached hydrogens (primary N) is 1. The second kappa shape index (κ2) is 6.94. The van der Waals surface area contributed by atoms with Gasteiger partial charge >= 0.3 is 0 Å². The lowest BCUT2D eigenvalue weighted by Crippen LogP contribution is -2.06. The minimum absolute atomic E-state index is 0.466. The summed E-state index contributed by atoms with van der Waals surface area (Å²) in [6.07, 6.45) is 7.64. The van der Waals surface area contributed by atoms with E-state index < -0.39 is 0 Å². The highest BCUT2D eigenvalue weighted by molar-refractivity contribution is 6.18. The van der Waals surface area contributed by atoms with Crippen molar-refractivity contribution in [2.75, 3.05) is 0 Å². The summed E-state index contributed by atoms with van der Waals surface area (Å²) in [4.78, 5) is 0. The molecule has 5 aromatic rings. The van der Waals surface area contributed by atoms with E-state index in [1.165, 1.54) is 49.3 Å². The Bertz CT molecular complexity index is 1430. The van der Waals surface area contributed by atoms with E-state index in [9.17, 15) is 0 Å². The zero-order valence-electron chi connectivity index (χ0n) is 16.9. The van der Waals surface area contributed by atoms with Crippen molar-refractivity contribution < 1.29 is 0 Å². The maximum absolute atomic E-state index is 6.15. The molecule has 2 aromatic heterocycles. The molecule has 144 valence electrons. The van der Waals surface area contributed by atoms with Crippen LogP contribution in [-0.2, 0) is 6.67 Å². The number of hydrogen-bond acceptors (Lipinski definition) is 1. The summed E-state index contributed by atoms with van der Waals surface area (Å²) in [5, 5.41) is 5.02. The molecule has 0 saturated heterocycles. The Morgan fingerprint density at radius 2 is 1.45 bits per heavy atom. The van der Waals surface area contributed by atoms with Crippen LogP contribution in [0.25, 0.3) is 49.3 Å². The molecule has 0 aliphatic heterocycles. The highest BCUT2D eigenvalue weighted by Gasteiger charge is 2.16. The molecule has 0 radical (unpaired) electrons. The minimum Gasteiger partial charge on any atom is -0.327 e. The van der Waals surface area contributed by atoms with Gasteiger partial charge in [0.2, 0.25) is 0 Å². The van der Waals surface area contributed by atoms with Gasteiger partial charge in [-0.25, -0.2) is 0 Å². The lowest BCUT2D eigenvalue weighted by Gasteiger charge is -2.09. The number of nitrogens with zero attached hydrogens (tertiary/aromatic N) is 2. The van der Waals surface area contributed by atoms with E-state index in [0.717, 1.165) is 6.42 Å². The lowest BCUT2D eigenvalue weighted by atomic mass is 10.1. The summed E-state index contributed by atoms with van der Waals surface area (Å²) in [6.45, 7) is 4.74. The molecule has 2 heterocycles. The van der Waals surface area contributed by atoms with Gasteiger partial charge in [0.25, 0.3) is 0 Å². The zero-order valence-corrected chi connectivity index (χ0v) is 16.9. The number of aromatic nitrogens is 2. The van der Waals surface area contributed by atoms with Crippen molar-refractivity contribution in [3.63, 3.8) is 0 Å². The summed E-state index contributed by atoms with van der Waals surface area (Å²) in [5.74, 6) is 0. The molecule has 0 fully saturated rings. The van der Waals surface area contributed by atoms with Crippen molar-refractivity contribution >= 4 is 49.3 Å². The van der Waals surface area contributed by atoms with Gasteiger partial charge in [0.05, 0.1) is 28.7 Å². The average Bonchev–Trinajstić information content (AvgIpc) is 3.25. The third-order valence-corrected chi connectivity index (χ3v) is 5.83. The first-order valence-electron chi connectivity index (χ1n) is 10.3. The van der Waals surface area contributed by atoms with Crippen LogP contribution in [0, 0.1) is 0 Å². The van der Waals surface area contributed by atoms with Crippen LogP contribution in [0.1, 0.15) is 20.3 Å². The number of allylic oxidation sites excluding steroid dienone is 4. The van der Waals surface area contributed by atoms with Gasteiger partial charge in [0.1, 0.15) is 0 Å². The molecular formula is C26H25N3. The fraction of sp³-hybridized carbons (Fsp3) is 0.154. The SMILES string of the molecule is C/C=C(\C=C/CC)n1c2ccccc2c2cc3c(cc21)c1ccccc1n3CN. The Labute approximate surface area is 170 Å². The van der Waals surface area contributed by atoms with Gasteiger partial charge in [-0.2, -0.15) is 0 Å². The molecule has 0 unspecified atom stereocenters. The monoisotopic (exact) mass is 379 g/mol. The molecule has 0 amide bonds. The van der Waals surface area contributed by atoms with Gasteiger partial charge in [-0.3, -0.25) is 0 Å². The molecule has 0 saturated carbocycles. The van der Waals surface area contributed by atoms with Crippen LogP contribution in [0.15, 0.2) is 78.9 Å². The Hall–Kier alpha value is -3.30. The number of benzene rings is 3. The Morgan fingerprint density at radius 1 is 0.828 bits per heavy atom. The predicted octanol–water partition coefficient (Wildman–Crippen LogP) is 6.65. The summed E-state index contributed by atoms with van der Waals surface area (Å²) in [6, 6.07) is 21.8. The maximum Gasteiger partial charge on any atom is 0.0707 e. The third-order valence-electron chi connectivity index (χ3n) is 5.83. The fourth-order valence-corrected chi connectivity index (χ4v) is 4.52. The van der Waals surface area contributed by atoms with Gasteiger partial charge in [0, 0.05) is 27.2 Å². The standard InChI is InChI=1S/C26H25N3/c1-3-5-10-18(4-2)29-24-14-9-7-12-20(24)22-15-25-21(16-26(22)29)19-11-6-8-13-23(19)28(25)17-27/h4-16H,3,17,27H2,1-2H3/b10-5-,18-4+. The molecule has 3 aromatic carbocycles. The molecule has 3 nitrogen and oxygen atoms in total. The molecule has 29 heavy (non-hydrogen) atoms. The van der Waals surface area contributed by atoms with E-state index in [0.29, 0.717) is 6.67 Å². The summed E-state index contributed by atoms with van der Waals surface area (Å²) in [7, 11) is 0. The summed E-state index contributed by atoms with van der Waals surface area (Å²) >= 11 is 0. The third kappa shape index (κ3) is 2.55. The molecule has 3 heteroatoms. The van der Waals surface area contributed by atoms with E-state index in [-0.39, 0.29) is 0 Å². The summed E-state index contributed by atoms with van der Waals surface area (Å²) < 4.78 is 4.59. The highest BCUT2D eigenvalue weighted by atomic mass is 15.0. The molecule has 0 spiro atoms. The quantitative estimate of drug-likeness (QED) is 0.349. The van der Waals surface area contributed by atoms with Crippen LogP contribution < -0.4 is 5.73 Å². The van der Waals surface area contributed by atoms with Crippen LogP contribution in [0.5, 0.6) is 0 Å². The number of para-hydroxylation sites is 2. The second-order valence-electron chi connectivity index (χ2n) is 7.39. The van der Waals surface area contributed by atoms with Crippen LogP contribution in [0.4, 0.5) is 0 Å². The molecule has 0 bridgehead atoms. The number of fused-ring (bicyclic) bond motifs is 6. The Balaban J connectivity index is 1.99. The van der Waals surface area contributed by atoms with Crippen molar-refractivity contribution in [1.82, 2.24) is 9.13 Å². The van der Waals surface area contributed by atoms with E-state index in [4.69, 9.17) is 5.73 Å². The van der Waals surface area contributed by atoms with Crippen molar-refractivity contribution in [1.29, 1.82) is 0 Å². The number of rotatable bonds is 4. The van der Waals surface area contributed by atoms with Gasteiger partial charge in [-0.1, -0.05) is 55.5 Å². The molecule has 5 rings (SSSR count). The van der Waals surface area contributed by atoms with E-state index in [1.807, 2.05) is 0 Å². The van der Waals surface area contributed by atoms with Crippen molar-refractivity contribution in [3.8, 4) is 0 Å². The first-order chi connectivity index (χ1) is 14.3. The highest BCUT2D eigenvalue weighted by Crippen LogP contribution is 2.38. The molecular weight excluding hydrogens is 354 g/mol. The van der Waals surface area contributed by atoms with Crippen molar-refractivity contribution in [3.05, 3.63) is 78.9 Å². The molecule has 0 aliphatic rings. The van der Waals surface area contributed by atoms with Crippen molar-refractivity contribution in [2.24, 2.45) is 5.73 Å². The first kappa shape index (κ1) is 17.8. The zero-order chi connectivity index (χ0) is 20.0. The lowest BCUT2D eigenvalue weighted by molar-refractivity contribution is 0.791. The second-order valence-corrected chi connectivity index (χ2v) is 7.39. The molecule has 0 atom stereocenters. The topological polar surface area (TPSA) is 35.9 Å². The van der Waals surface area contributed by atoms with Gasteiger partial charge in [0.15, 0.2) is 0 Å². The van der Waals surface area contributed by atoms with Crippen LogP contribution in [0.3, 0.4) is 0 Å². The van der Waals surface area contributed by atoms with Gasteiger partial charge < -0.3 is 14.9 Å². The molecule has 2 N–H and O–H groups in total. The first-order valence-corrected chi connectivity index (χ1v) is 10.3. The number of hydrogen-bond donors (Lipinski definition) is 1. The van der Waals surface area contributed by atoms with Gasteiger partial charge in [-0.15, -0.1) is 0 Å². The van der Waals surface area contributed by atoms with E-state index in [2.05, 4.69) is 102 Å². The average molecular weight is 380 g/mol. The maximum atomic E-state index is 6.15.